The van der Waals surface area contributed by atoms with Crippen LogP contribution in [-0.4, -0.2) is 97.7 Å². The van der Waals surface area contributed by atoms with Gasteiger partial charge in [0.2, 0.25) is 11.8 Å². The molecular weight excluding hydrogens is 787 g/mol. The van der Waals surface area contributed by atoms with Crippen LogP contribution in [0.25, 0.3) is 44.4 Å². The number of rotatable bonds is 11. The third-order valence-electron chi connectivity index (χ3n) is 13.8. The van der Waals surface area contributed by atoms with Gasteiger partial charge in [-0.3, -0.25) is 9.59 Å². The predicted octanol–water partition coefficient (Wildman–Crippen LogP) is 6.84. The topological polar surface area (TPSA) is 201 Å². The molecule has 2 aliphatic carbocycles. The Morgan fingerprint density at radius 2 is 1.13 bits per heavy atom. The molecule has 2 saturated carbocycles. The van der Waals surface area contributed by atoms with Gasteiger partial charge in [0.1, 0.15) is 23.7 Å². The molecule has 2 aromatic heterocycles. The number of fused-ring (bicyclic) bond motifs is 3. The van der Waals surface area contributed by atoms with Gasteiger partial charge < -0.3 is 45.6 Å². The quantitative estimate of drug-likeness (QED) is 0.0944. The number of likely N-dealkylation sites (tertiary alicyclic amines) is 2. The molecule has 4 fully saturated rings. The van der Waals surface area contributed by atoms with Crippen molar-refractivity contribution in [2.24, 2.45) is 23.0 Å². The Labute approximate surface area is 360 Å². The van der Waals surface area contributed by atoms with Gasteiger partial charge in [0.05, 0.1) is 56.1 Å². The normalized spacial score (nSPS) is 25.6. The first-order chi connectivity index (χ1) is 29.6. The summed E-state index contributed by atoms with van der Waals surface area (Å²) in [7, 11) is 2.59. The highest BCUT2D eigenvalue weighted by atomic mass is 16.5. The number of hydrogen-bond donors (Lipinski definition) is 5. The summed E-state index contributed by atoms with van der Waals surface area (Å²) in [6, 6.07) is 19.1. The van der Waals surface area contributed by atoms with Crippen LogP contribution in [0, 0.1) is 17.3 Å². The summed E-state index contributed by atoms with van der Waals surface area (Å²) in [6.45, 7) is 9.84. The molecule has 15 heteroatoms. The number of alkyl carbamates (subject to hydrolysis) is 2. The van der Waals surface area contributed by atoms with Crippen LogP contribution in [0.2, 0.25) is 0 Å². The van der Waals surface area contributed by atoms with Crippen LogP contribution in [0.3, 0.4) is 0 Å². The van der Waals surface area contributed by atoms with Gasteiger partial charge in [-0.2, -0.15) is 0 Å². The number of aromatic amines is 2. The summed E-state index contributed by atoms with van der Waals surface area (Å²) in [5, 5.41) is 7.63. The molecule has 15 nitrogen and oxygen atoms in total. The van der Waals surface area contributed by atoms with Gasteiger partial charge in [0, 0.05) is 17.1 Å². The minimum atomic E-state index is -0.749. The molecule has 9 rings (SSSR count). The van der Waals surface area contributed by atoms with Gasteiger partial charge in [-0.15, -0.1) is 0 Å². The average molecular weight is 842 g/mol. The summed E-state index contributed by atoms with van der Waals surface area (Å²) < 4.78 is 9.63. The van der Waals surface area contributed by atoms with E-state index in [-0.39, 0.29) is 53.2 Å². The summed E-state index contributed by atoms with van der Waals surface area (Å²) in [4.78, 5) is 72.4. The largest absolute Gasteiger partial charge is 0.453 e. The van der Waals surface area contributed by atoms with Crippen LogP contribution in [0.1, 0.15) is 84.0 Å². The highest BCUT2D eigenvalue weighted by Crippen LogP contribution is 2.63. The summed E-state index contributed by atoms with van der Waals surface area (Å²) in [5.74, 6) is 0.853. The van der Waals surface area contributed by atoms with Gasteiger partial charge in [-0.1, -0.05) is 83.1 Å². The third-order valence-corrected chi connectivity index (χ3v) is 13.8. The number of imidazole rings is 2. The first kappa shape index (κ1) is 41.1. The number of H-pyrrole nitrogens is 2. The molecule has 5 aromatic rings. The highest BCUT2D eigenvalue weighted by molar-refractivity contribution is 5.91. The van der Waals surface area contributed by atoms with Crippen LogP contribution < -0.4 is 16.4 Å². The lowest BCUT2D eigenvalue weighted by Crippen LogP contribution is -2.52. The van der Waals surface area contributed by atoms with E-state index in [9.17, 15) is 19.2 Å². The number of benzene rings is 3. The molecule has 3 aromatic carbocycles. The molecule has 4 aliphatic rings. The fourth-order valence-electron chi connectivity index (χ4n) is 9.90. The second-order valence-corrected chi connectivity index (χ2v) is 18.7. The maximum atomic E-state index is 14.0. The fourth-order valence-corrected chi connectivity index (χ4v) is 9.90. The van der Waals surface area contributed by atoms with Crippen molar-refractivity contribution in [2.75, 3.05) is 14.2 Å². The smallest absolute Gasteiger partial charge is 0.407 e. The van der Waals surface area contributed by atoms with Crippen LogP contribution in [-0.2, 0) is 19.1 Å². The summed E-state index contributed by atoms with van der Waals surface area (Å²) in [5.41, 5.74) is 12.1. The number of hydrogen-bond acceptors (Lipinski definition) is 9. The summed E-state index contributed by atoms with van der Waals surface area (Å²) >= 11 is 0. The number of nitrogens with two attached hydrogens (primary N) is 1. The van der Waals surface area contributed by atoms with Crippen molar-refractivity contribution < 1.29 is 28.7 Å². The van der Waals surface area contributed by atoms with E-state index in [4.69, 9.17) is 25.2 Å². The Balaban J connectivity index is 0.892. The first-order valence-electron chi connectivity index (χ1n) is 21.5. The number of aromatic nitrogens is 4. The van der Waals surface area contributed by atoms with E-state index >= 15 is 0 Å². The second kappa shape index (κ2) is 15.3. The zero-order valence-electron chi connectivity index (χ0n) is 36.2. The maximum Gasteiger partial charge on any atom is 0.407 e. The van der Waals surface area contributed by atoms with E-state index in [1.807, 2.05) is 43.7 Å². The third kappa shape index (κ3) is 7.25. The van der Waals surface area contributed by atoms with E-state index < -0.39 is 29.8 Å². The Morgan fingerprint density at radius 3 is 1.68 bits per heavy atom. The van der Waals surface area contributed by atoms with E-state index in [1.165, 1.54) is 14.2 Å². The molecule has 0 spiro atoms. The van der Waals surface area contributed by atoms with Crippen molar-refractivity contribution >= 4 is 34.8 Å². The van der Waals surface area contributed by atoms with Crippen LogP contribution in [0.4, 0.5) is 9.59 Å². The van der Waals surface area contributed by atoms with Gasteiger partial charge in [-0.05, 0) is 82.5 Å². The predicted molar refractivity (Wildman–Crippen MR) is 233 cm³/mol. The molecule has 8 atom stereocenters. The minimum Gasteiger partial charge on any atom is -0.453 e. The van der Waals surface area contributed by atoms with E-state index in [0.717, 1.165) is 69.5 Å². The van der Waals surface area contributed by atoms with Crippen LogP contribution in [0.5, 0.6) is 0 Å². The molecule has 0 radical (unpaired) electrons. The standard InChI is InChI=1S/C47H55N9O6/c1-24(2)38(53-44(59)61-6)42(57)55-34(18-46(5)20-36(46)55)40-49-22-32(51-40)27-10-8-26(9-11-27)28-12-13-30-17-31(15-14-29(30)16-28)33-23-50-41(52-33)35-19-47(48)21-37(47)56(35)43(58)39(25(3)4)54-45(60)62-7/h8-17,22-25,34-39H,18-21,48H2,1-7H3,(H,49,51)(H,50,52)(H,53,59)(H,54,60)/t34-,35-,36-,37-,38-,39-,46+,47-/m0/s1. The number of ether oxygens (including phenoxy) is 2. The number of methoxy groups -OCH3 is 2. The zero-order chi connectivity index (χ0) is 43.8. The Hall–Kier alpha value is -6.22. The van der Waals surface area contributed by atoms with Crippen molar-refractivity contribution in [3.8, 4) is 33.6 Å². The number of nitrogens with zero attached hydrogens (tertiary/aromatic N) is 4. The maximum absolute atomic E-state index is 14.0. The number of amides is 4. The van der Waals surface area contributed by atoms with Gasteiger partial charge >= 0.3 is 12.2 Å². The average Bonchev–Trinajstić information content (AvgIpc) is 3.70. The van der Waals surface area contributed by atoms with Crippen molar-refractivity contribution in [1.29, 1.82) is 0 Å². The number of nitrogens with one attached hydrogen (secondary N) is 4. The molecule has 2 saturated heterocycles. The SMILES string of the molecule is COC(=O)N[C@H](C(=O)N1[C@H]2C[C@@]2(C)C[C@H]1c1ncc(-c2ccc(-c3ccc4cc(-c5cnc([C@@H]6C[C@]7(N)C[C@@H]7N6C(=O)[C@@H](NC(=O)OC)C(C)C)[nH]5)ccc4c3)cc2)[nH]1)C(C)C. The van der Waals surface area contributed by atoms with Gasteiger partial charge in [0.15, 0.2) is 0 Å². The molecule has 324 valence electrons. The van der Waals surface area contributed by atoms with E-state index in [0.29, 0.717) is 12.2 Å². The second-order valence-electron chi connectivity index (χ2n) is 18.7. The Morgan fingerprint density at radius 1 is 0.661 bits per heavy atom. The lowest BCUT2D eigenvalue weighted by molar-refractivity contribution is -0.137. The first-order valence-corrected chi connectivity index (χ1v) is 21.5. The van der Waals surface area contributed by atoms with Crippen molar-refractivity contribution in [3.63, 3.8) is 0 Å². The molecule has 0 bridgehead atoms. The summed E-state index contributed by atoms with van der Waals surface area (Å²) in [6.07, 6.45) is 5.42. The van der Waals surface area contributed by atoms with E-state index in [1.54, 1.807) is 6.20 Å². The van der Waals surface area contributed by atoms with Gasteiger partial charge in [-0.25, -0.2) is 19.6 Å². The molecule has 4 amide bonds. The number of carbonyl (C=O) groups excluding carboxylic acids is 4. The lowest BCUT2D eigenvalue weighted by Gasteiger charge is -2.31. The minimum absolute atomic E-state index is 0.0341. The van der Waals surface area contributed by atoms with Gasteiger partial charge in [0.25, 0.3) is 0 Å². The molecule has 4 heterocycles. The van der Waals surface area contributed by atoms with Crippen molar-refractivity contribution in [2.45, 2.75) is 102 Å². The van der Waals surface area contributed by atoms with Crippen LogP contribution >= 0.6 is 0 Å². The monoisotopic (exact) mass is 841 g/mol. The zero-order valence-corrected chi connectivity index (χ0v) is 36.2. The van der Waals surface area contributed by atoms with Crippen molar-refractivity contribution in [3.05, 3.63) is 84.7 Å². The Bertz CT molecular complexity index is 2570. The van der Waals surface area contributed by atoms with E-state index in [2.05, 4.69) is 88.2 Å². The molecule has 6 N–H and O–H groups in total. The lowest BCUT2D eigenvalue weighted by atomic mass is 9.98. The molecule has 62 heavy (non-hydrogen) atoms. The molecular formula is C47H55N9O6. The van der Waals surface area contributed by atoms with Crippen LogP contribution in [0.15, 0.2) is 73.1 Å². The fraction of sp³-hybridized carbons (Fsp3) is 0.447. The molecule has 2 aliphatic heterocycles. The highest BCUT2D eigenvalue weighted by Gasteiger charge is 2.66. The Kier molecular flexibility index (Phi) is 10.2. The number of carbonyl (C=O) groups is 4. The molecule has 0 unspecified atom stereocenters. The number of piperidine rings is 2. The van der Waals surface area contributed by atoms with Crippen molar-refractivity contribution in [1.82, 2.24) is 40.4 Å².